The third-order valence-electron chi connectivity index (χ3n) is 4.94. The lowest BCUT2D eigenvalue weighted by Gasteiger charge is -2.48. The van der Waals surface area contributed by atoms with Gasteiger partial charge in [-0.15, -0.1) is 0 Å². The van der Waals surface area contributed by atoms with E-state index in [0.29, 0.717) is 0 Å². The molecule has 3 rings (SSSR count). The fraction of sp³-hybridized carbons (Fsp3) is 0.471. The van der Waals surface area contributed by atoms with Gasteiger partial charge in [0, 0.05) is 17.1 Å². The third kappa shape index (κ3) is 1.95. The molecule has 19 heavy (non-hydrogen) atoms. The average molecular weight is 254 g/mol. The predicted octanol–water partition coefficient (Wildman–Crippen LogP) is 3.99. The topological polar surface area (TPSA) is 38.9 Å². The number of para-hydroxylation sites is 1. The molecule has 2 heteroatoms. The van der Waals surface area contributed by atoms with E-state index in [1.807, 2.05) is 18.3 Å². The summed E-state index contributed by atoms with van der Waals surface area (Å²) >= 11 is 0. The van der Waals surface area contributed by atoms with Gasteiger partial charge in [-0.3, -0.25) is 4.98 Å². The van der Waals surface area contributed by atoms with Crippen LogP contribution < -0.4 is 5.73 Å². The lowest BCUT2D eigenvalue weighted by atomic mass is 9.61. The van der Waals surface area contributed by atoms with E-state index < -0.39 is 0 Å². The molecule has 0 amide bonds. The Labute approximate surface area is 115 Å². The number of rotatable bonds is 1. The number of aromatic nitrogens is 1. The van der Waals surface area contributed by atoms with Crippen molar-refractivity contribution in [3.63, 3.8) is 0 Å². The van der Waals surface area contributed by atoms with Crippen molar-refractivity contribution in [3.05, 3.63) is 42.1 Å². The molecular formula is C17H22N2. The Morgan fingerprint density at radius 2 is 1.84 bits per heavy atom. The van der Waals surface area contributed by atoms with Crippen molar-refractivity contribution >= 4 is 10.9 Å². The van der Waals surface area contributed by atoms with Crippen LogP contribution in [0.2, 0.25) is 0 Å². The van der Waals surface area contributed by atoms with E-state index in [-0.39, 0.29) is 11.0 Å². The standard InChI is InChI=1S/C17H22N2/c1-16(2)9-5-6-10-17(16,18)14-11-13-7-3-4-8-15(13)19-12-14/h3-4,7-8,11-12H,5-6,9-10,18H2,1-2H3. The molecule has 100 valence electrons. The molecule has 1 saturated carbocycles. The van der Waals surface area contributed by atoms with Crippen molar-refractivity contribution in [1.82, 2.24) is 4.98 Å². The molecule has 1 heterocycles. The molecular weight excluding hydrogens is 232 g/mol. The van der Waals surface area contributed by atoms with Crippen molar-refractivity contribution in [1.29, 1.82) is 0 Å². The number of nitrogens with two attached hydrogens (primary N) is 1. The third-order valence-corrected chi connectivity index (χ3v) is 4.94. The van der Waals surface area contributed by atoms with Crippen LogP contribution in [0.4, 0.5) is 0 Å². The maximum absolute atomic E-state index is 6.81. The second-order valence-corrected chi connectivity index (χ2v) is 6.48. The van der Waals surface area contributed by atoms with Gasteiger partial charge in [-0.2, -0.15) is 0 Å². The molecule has 1 unspecified atom stereocenters. The number of nitrogens with zero attached hydrogens (tertiary/aromatic N) is 1. The molecule has 2 N–H and O–H groups in total. The first-order valence-corrected chi connectivity index (χ1v) is 7.17. The van der Waals surface area contributed by atoms with Gasteiger partial charge in [0.15, 0.2) is 0 Å². The average Bonchev–Trinajstić information content (AvgIpc) is 2.41. The summed E-state index contributed by atoms with van der Waals surface area (Å²) in [6, 6.07) is 10.5. The van der Waals surface area contributed by atoms with Gasteiger partial charge in [-0.25, -0.2) is 0 Å². The molecule has 1 atom stereocenters. The first kappa shape index (κ1) is 12.6. The Hall–Kier alpha value is -1.41. The van der Waals surface area contributed by atoms with E-state index in [2.05, 4.69) is 37.0 Å². The summed E-state index contributed by atoms with van der Waals surface area (Å²) < 4.78 is 0. The highest BCUT2D eigenvalue weighted by Gasteiger charge is 2.44. The minimum absolute atomic E-state index is 0.134. The summed E-state index contributed by atoms with van der Waals surface area (Å²) in [7, 11) is 0. The Balaban J connectivity index is 2.12. The van der Waals surface area contributed by atoms with Crippen molar-refractivity contribution in [2.45, 2.75) is 45.1 Å². The van der Waals surface area contributed by atoms with E-state index >= 15 is 0 Å². The molecule has 2 aromatic rings. The molecule has 1 fully saturated rings. The van der Waals surface area contributed by atoms with Gasteiger partial charge in [0.25, 0.3) is 0 Å². The first-order chi connectivity index (χ1) is 9.03. The van der Waals surface area contributed by atoms with Gasteiger partial charge in [0.1, 0.15) is 0 Å². The van der Waals surface area contributed by atoms with E-state index in [9.17, 15) is 0 Å². The summed E-state index contributed by atoms with van der Waals surface area (Å²) in [6.45, 7) is 4.59. The Morgan fingerprint density at radius 1 is 1.11 bits per heavy atom. The minimum Gasteiger partial charge on any atom is -0.321 e. The van der Waals surface area contributed by atoms with Crippen LogP contribution in [0.25, 0.3) is 10.9 Å². The molecule has 1 aliphatic carbocycles. The maximum atomic E-state index is 6.81. The molecule has 0 bridgehead atoms. The van der Waals surface area contributed by atoms with Crippen molar-refractivity contribution < 1.29 is 0 Å². The van der Waals surface area contributed by atoms with Gasteiger partial charge in [0.2, 0.25) is 0 Å². The summed E-state index contributed by atoms with van der Waals surface area (Å²) in [6.07, 6.45) is 6.73. The van der Waals surface area contributed by atoms with Crippen LogP contribution in [-0.4, -0.2) is 4.98 Å². The van der Waals surface area contributed by atoms with Crippen LogP contribution in [0.3, 0.4) is 0 Å². The number of pyridine rings is 1. The summed E-state index contributed by atoms with van der Waals surface area (Å²) in [5.74, 6) is 0. The predicted molar refractivity (Wildman–Crippen MR) is 79.9 cm³/mol. The summed E-state index contributed by atoms with van der Waals surface area (Å²) in [4.78, 5) is 4.59. The lowest BCUT2D eigenvalue weighted by molar-refractivity contribution is 0.0977. The SMILES string of the molecule is CC1(C)CCCCC1(N)c1cnc2ccccc2c1. The monoisotopic (exact) mass is 254 g/mol. The van der Waals surface area contributed by atoms with Crippen LogP contribution in [0, 0.1) is 5.41 Å². The van der Waals surface area contributed by atoms with E-state index in [1.54, 1.807) is 0 Å². The Morgan fingerprint density at radius 3 is 2.63 bits per heavy atom. The number of hydrogen-bond donors (Lipinski definition) is 1. The molecule has 0 radical (unpaired) electrons. The van der Waals surface area contributed by atoms with Crippen molar-refractivity contribution in [2.75, 3.05) is 0 Å². The molecule has 0 aliphatic heterocycles. The largest absolute Gasteiger partial charge is 0.321 e. The van der Waals surface area contributed by atoms with Crippen LogP contribution in [0.15, 0.2) is 36.5 Å². The number of fused-ring (bicyclic) bond motifs is 1. The molecule has 0 spiro atoms. The Kier molecular flexibility index (Phi) is 2.86. The zero-order valence-electron chi connectivity index (χ0n) is 11.8. The van der Waals surface area contributed by atoms with E-state index in [0.717, 1.165) is 11.9 Å². The highest BCUT2D eigenvalue weighted by atomic mass is 14.8. The van der Waals surface area contributed by atoms with Gasteiger partial charge < -0.3 is 5.73 Å². The van der Waals surface area contributed by atoms with Crippen molar-refractivity contribution in [3.8, 4) is 0 Å². The quantitative estimate of drug-likeness (QED) is 0.835. The molecule has 1 aromatic heterocycles. The van der Waals surface area contributed by atoms with Crippen LogP contribution in [-0.2, 0) is 5.54 Å². The second-order valence-electron chi connectivity index (χ2n) is 6.48. The highest BCUT2D eigenvalue weighted by Crippen LogP contribution is 2.48. The highest BCUT2D eigenvalue weighted by molar-refractivity contribution is 5.79. The lowest BCUT2D eigenvalue weighted by Crippen LogP contribution is -2.51. The van der Waals surface area contributed by atoms with Gasteiger partial charge in [-0.1, -0.05) is 44.9 Å². The summed E-state index contributed by atoms with van der Waals surface area (Å²) in [5.41, 5.74) is 8.93. The van der Waals surface area contributed by atoms with Crippen LogP contribution in [0.1, 0.15) is 45.1 Å². The number of benzene rings is 1. The maximum Gasteiger partial charge on any atom is 0.0702 e. The van der Waals surface area contributed by atoms with E-state index in [1.165, 1.54) is 30.2 Å². The first-order valence-electron chi connectivity index (χ1n) is 7.17. The minimum atomic E-state index is -0.248. The molecule has 1 aliphatic rings. The van der Waals surface area contributed by atoms with Gasteiger partial charge in [-0.05, 0) is 36.0 Å². The summed E-state index contributed by atoms with van der Waals surface area (Å²) in [5, 5.41) is 1.19. The van der Waals surface area contributed by atoms with Crippen LogP contribution in [0.5, 0.6) is 0 Å². The van der Waals surface area contributed by atoms with Gasteiger partial charge >= 0.3 is 0 Å². The normalized spacial score (nSPS) is 26.5. The zero-order valence-corrected chi connectivity index (χ0v) is 11.8. The Bertz CT molecular complexity index is 603. The molecule has 0 saturated heterocycles. The van der Waals surface area contributed by atoms with E-state index in [4.69, 9.17) is 5.73 Å². The number of hydrogen-bond acceptors (Lipinski definition) is 2. The smallest absolute Gasteiger partial charge is 0.0702 e. The fourth-order valence-corrected chi connectivity index (χ4v) is 3.38. The van der Waals surface area contributed by atoms with Crippen molar-refractivity contribution in [2.24, 2.45) is 11.1 Å². The van der Waals surface area contributed by atoms with Gasteiger partial charge in [0.05, 0.1) is 5.52 Å². The zero-order chi connectivity index (χ0) is 13.5. The fourth-order valence-electron chi connectivity index (χ4n) is 3.38. The molecule has 2 nitrogen and oxygen atoms in total. The van der Waals surface area contributed by atoms with Crippen LogP contribution >= 0.6 is 0 Å². The molecule has 1 aromatic carbocycles. The second kappa shape index (κ2) is 4.31.